The summed E-state index contributed by atoms with van der Waals surface area (Å²) in [5.41, 5.74) is 2.12. The molecular weight excluding hydrogens is 480 g/mol. The summed E-state index contributed by atoms with van der Waals surface area (Å²) in [6.45, 7) is 8.93. The smallest absolute Gasteiger partial charge is 0.339 e. The third kappa shape index (κ3) is 6.12. The van der Waals surface area contributed by atoms with Crippen LogP contribution in [0.5, 0.6) is 5.75 Å². The normalized spacial score (nSPS) is 11.3. The lowest BCUT2D eigenvalue weighted by Crippen LogP contribution is -2.26. The fourth-order valence-corrected chi connectivity index (χ4v) is 6.59. The molecule has 0 aliphatic rings. The van der Waals surface area contributed by atoms with E-state index in [-0.39, 0.29) is 16.9 Å². The molecule has 188 valence electrons. The molecule has 4 aromatic rings. The fraction of sp³-hybridized carbons (Fsp3) is 0.188. The molecule has 0 aromatic heterocycles. The summed E-state index contributed by atoms with van der Waals surface area (Å²) in [7, 11) is -0.307. The number of rotatable bonds is 7. The Morgan fingerprint density at radius 3 is 1.76 bits per heavy atom. The van der Waals surface area contributed by atoms with Crippen molar-refractivity contribution in [2.24, 2.45) is 0 Å². The molecule has 4 rings (SSSR count). The SMILES string of the molecule is CC(=O)Oc1cccc(C(C)(C)OC(=O)c2c(C)cc([S+](c3ccccc3)c3ccccc3)cc2C)c1. The first kappa shape index (κ1) is 26.2. The molecule has 0 aliphatic heterocycles. The number of hydrogen-bond acceptors (Lipinski definition) is 4. The van der Waals surface area contributed by atoms with Crippen molar-refractivity contribution in [2.75, 3.05) is 0 Å². The highest BCUT2D eigenvalue weighted by molar-refractivity contribution is 7.97. The summed E-state index contributed by atoms with van der Waals surface area (Å²) in [4.78, 5) is 28.4. The largest absolute Gasteiger partial charge is 0.451 e. The van der Waals surface area contributed by atoms with Gasteiger partial charge in [0.05, 0.1) is 16.5 Å². The average molecular weight is 512 g/mol. The van der Waals surface area contributed by atoms with E-state index in [4.69, 9.17) is 9.47 Å². The lowest BCUT2D eigenvalue weighted by atomic mass is 9.97. The summed E-state index contributed by atoms with van der Waals surface area (Å²) >= 11 is 0. The molecule has 0 saturated heterocycles. The van der Waals surface area contributed by atoms with Crippen LogP contribution in [0, 0.1) is 13.8 Å². The van der Waals surface area contributed by atoms with Gasteiger partial charge in [-0.05, 0) is 92.9 Å². The standard InChI is InChI=1S/C32H31O4S/c1-22-19-29(37(27-15-8-6-9-16-27)28-17-10-7-11-18-28)20-23(2)30(22)31(34)36-32(4,5)25-13-12-14-26(21-25)35-24(3)33/h6-21H,1-5H3/q+1. The van der Waals surface area contributed by atoms with Gasteiger partial charge in [-0.1, -0.05) is 48.5 Å². The predicted octanol–water partition coefficient (Wildman–Crippen LogP) is 7.42. The highest BCUT2D eigenvalue weighted by atomic mass is 32.2. The molecule has 0 heterocycles. The average Bonchev–Trinajstić information content (AvgIpc) is 2.85. The summed E-state index contributed by atoms with van der Waals surface area (Å²) in [5, 5.41) is 0. The first-order valence-corrected chi connectivity index (χ1v) is 13.4. The van der Waals surface area contributed by atoms with Crippen molar-refractivity contribution < 1.29 is 19.1 Å². The molecule has 4 aromatic carbocycles. The first-order valence-electron chi connectivity index (χ1n) is 12.1. The Balaban J connectivity index is 1.66. The van der Waals surface area contributed by atoms with Gasteiger partial charge in [-0.2, -0.15) is 0 Å². The highest BCUT2D eigenvalue weighted by Gasteiger charge is 2.32. The molecule has 0 aliphatic carbocycles. The maximum atomic E-state index is 13.5. The lowest BCUT2D eigenvalue weighted by Gasteiger charge is -2.27. The zero-order chi connectivity index (χ0) is 26.6. The van der Waals surface area contributed by atoms with Crippen LogP contribution in [0.2, 0.25) is 0 Å². The Hall–Kier alpha value is -3.83. The second kappa shape index (κ2) is 11.1. The van der Waals surface area contributed by atoms with Gasteiger partial charge in [-0.25, -0.2) is 4.79 Å². The lowest BCUT2D eigenvalue weighted by molar-refractivity contribution is -0.131. The molecule has 0 N–H and O–H groups in total. The Morgan fingerprint density at radius 2 is 1.24 bits per heavy atom. The minimum atomic E-state index is -0.927. The number of aryl methyl sites for hydroxylation is 2. The van der Waals surface area contributed by atoms with Crippen LogP contribution in [-0.2, 0) is 26.0 Å². The van der Waals surface area contributed by atoms with E-state index in [0.29, 0.717) is 11.3 Å². The van der Waals surface area contributed by atoms with Crippen LogP contribution in [0.1, 0.15) is 47.8 Å². The molecular formula is C32H31O4S+. The number of carbonyl (C=O) groups excluding carboxylic acids is 2. The summed E-state index contributed by atoms with van der Waals surface area (Å²) < 4.78 is 11.2. The number of carbonyl (C=O) groups is 2. The van der Waals surface area contributed by atoms with Crippen molar-refractivity contribution in [1.82, 2.24) is 0 Å². The van der Waals surface area contributed by atoms with Crippen LogP contribution in [0.3, 0.4) is 0 Å². The van der Waals surface area contributed by atoms with Gasteiger partial charge in [0.15, 0.2) is 14.7 Å². The number of hydrogen-bond donors (Lipinski definition) is 0. The van der Waals surface area contributed by atoms with Gasteiger partial charge in [0.1, 0.15) is 11.4 Å². The van der Waals surface area contributed by atoms with Crippen molar-refractivity contribution in [3.05, 3.63) is 119 Å². The van der Waals surface area contributed by atoms with Crippen LogP contribution in [-0.4, -0.2) is 11.9 Å². The van der Waals surface area contributed by atoms with Crippen LogP contribution in [0.4, 0.5) is 0 Å². The van der Waals surface area contributed by atoms with E-state index >= 15 is 0 Å². The fourth-order valence-electron chi connectivity index (χ4n) is 4.33. The van der Waals surface area contributed by atoms with E-state index in [2.05, 4.69) is 60.7 Å². The molecule has 37 heavy (non-hydrogen) atoms. The molecule has 4 nitrogen and oxygen atoms in total. The van der Waals surface area contributed by atoms with Gasteiger partial charge < -0.3 is 9.47 Å². The van der Waals surface area contributed by atoms with Crippen LogP contribution in [0.15, 0.2) is 112 Å². The molecule has 0 atom stereocenters. The van der Waals surface area contributed by atoms with Crippen molar-refractivity contribution in [3.8, 4) is 5.75 Å². The number of ether oxygens (including phenoxy) is 2. The molecule has 0 fully saturated rings. The van der Waals surface area contributed by atoms with E-state index < -0.39 is 11.6 Å². The van der Waals surface area contributed by atoms with Crippen molar-refractivity contribution >= 4 is 22.8 Å². The van der Waals surface area contributed by atoms with Crippen molar-refractivity contribution in [2.45, 2.75) is 54.9 Å². The zero-order valence-corrected chi connectivity index (χ0v) is 22.6. The molecule has 0 radical (unpaired) electrons. The summed E-state index contributed by atoms with van der Waals surface area (Å²) in [6, 6.07) is 32.1. The van der Waals surface area contributed by atoms with Gasteiger partial charge in [0.2, 0.25) is 0 Å². The Labute approximate surface area is 221 Å². The molecule has 0 bridgehead atoms. The number of esters is 2. The van der Waals surface area contributed by atoms with Crippen LogP contribution < -0.4 is 4.74 Å². The third-order valence-corrected chi connectivity index (χ3v) is 8.24. The van der Waals surface area contributed by atoms with Gasteiger partial charge in [0, 0.05) is 6.92 Å². The molecule has 0 unspecified atom stereocenters. The Kier molecular flexibility index (Phi) is 7.84. The summed E-state index contributed by atoms with van der Waals surface area (Å²) in [6.07, 6.45) is 0. The minimum absolute atomic E-state index is 0.307. The minimum Gasteiger partial charge on any atom is -0.451 e. The maximum absolute atomic E-state index is 13.5. The second-order valence-corrected chi connectivity index (χ2v) is 11.4. The van der Waals surface area contributed by atoms with E-state index in [1.54, 1.807) is 18.2 Å². The molecule has 5 heteroatoms. The maximum Gasteiger partial charge on any atom is 0.339 e. The van der Waals surface area contributed by atoms with E-state index in [9.17, 15) is 9.59 Å². The quantitative estimate of drug-likeness (QED) is 0.147. The zero-order valence-electron chi connectivity index (χ0n) is 21.8. The molecule has 0 amide bonds. The topological polar surface area (TPSA) is 52.6 Å². The molecule has 0 spiro atoms. The van der Waals surface area contributed by atoms with E-state index in [1.807, 2.05) is 45.9 Å². The van der Waals surface area contributed by atoms with E-state index in [1.165, 1.54) is 16.7 Å². The third-order valence-electron chi connectivity index (χ3n) is 6.04. The molecule has 0 saturated carbocycles. The van der Waals surface area contributed by atoms with Gasteiger partial charge in [-0.3, -0.25) is 4.79 Å². The predicted molar refractivity (Wildman–Crippen MR) is 147 cm³/mol. The van der Waals surface area contributed by atoms with Crippen LogP contribution in [0.25, 0.3) is 0 Å². The second-order valence-electron chi connectivity index (χ2n) is 9.39. The highest BCUT2D eigenvalue weighted by Crippen LogP contribution is 2.35. The van der Waals surface area contributed by atoms with Crippen molar-refractivity contribution in [3.63, 3.8) is 0 Å². The monoisotopic (exact) mass is 511 g/mol. The van der Waals surface area contributed by atoms with Gasteiger partial charge >= 0.3 is 11.9 Å². The van der Waals surface area contributed by atoms with Gasteiger partial charge in [0.25, 0.3) is 0 Å². The van der Waals surface area contributed by atoms with Gasteiger partial charge in [-0.15, -0.1) is 0 Å². The summed E-state index contributed by atoms with van der Waals surface area (Å²) in [5.74, 6) is -0.369. The first-order chi connectivity index (χ1) is 17.7. The Bertz CT molecular complexity index is 1350. The number of benzene rings is 4. The van der Waals surface area contributed by atoms with E-state index in [0.717, 1.165) is 21.6 Å². The van der Waals surface area contributed by atoms with Crippen molar-refractivity contribution in [1.29, 1.82) is 0 Å². The Morgan fingerprint density at radius 1 is 0.703 bits per heavy atom. The van der Waals surface area contributed by atoms with Crippen LogP contribution >= 0.6 is 0 Å².